The highest BCUT2D eigenvalue weighted by atomic mass is 32.1. The number of hydrogen-bond acceptors (Lipinski definition) is 3. The summed E-state index contributed by atoms with van der Waals surface area (Å²) in [5.74, 6) is -0.595. The van der Waals surface area contributed by atoms with E-state index >= 15 is 0 Å². The first-order chi connectivity index (χ1) is 11.2. The zero-order valence-electron chi connectivity index (χ0n) is 12.8. The molecule has 5 heteroatoms. The zero-order valence-corrected chi connectivity index (χ0v) is 13.6. The smallest absolute Gasteiger partial charge is 0.248 e. The molecular weight excluding hydrogens is 311 g/mol. The van der Waals surface area contributed by atoms with Gasteiger partial charge in [-0.2, -0.15) is 11.3 Å². The van der Waals surface area contributed by atoms with Gasteiger partial charge in [-0.3, -0.25) is 4.79 Å². The Morgan fingerprint density at radius 1 is 1.22 bits per heavy atom. The highest BCUT2D eigenvalue weighted by molar-refractivity contribution is 7.08. The van der Waals surface area contributed by atoms with Gasteiger partial charge in [-0.15, -0.1) is 0 Å². The third kappa shape index (κ3) is 4.20. The summed E-state index contributed by atoms with van der Waals surface area (Å²) in [5.41, 5.74) is 2.41. The molecule has 1 aromatic heterocycles. The molecule has 1 amide bonds. The number of rotatable bonds is 4. The van der Waals surface area contributed by atoms with Crippen LogP contribution < -0.4 is 10.2 Å². The van der Waals surface area contributed by atoms with Crippen molar-refractivity contribution in [1.82, 2.24) is 0 Å². The number of hydrogen-bond donors (Lipinski definition) is 1. The van der Waals surface area contributed by atoms with Crippen molar-refractivity contribution in [2.45, 2.75) is 19.3 Å². The van der Waals surface area contributed by atoms with E-state index in [-0.39, 0.29) is 11.7 Å². The van der Waals surface area contributed by atoms with E-state index in [0.29, 0.717) is 5.69 Å². The molecule has 0 radical (unpaired) electrons. The minimum atomic E-state index is -0.345. The third-order valence-corrected chi connectivity index (χ3v) is 4.59. The number of nitrogens with zero attached hydrogens (tertiary/aromatic N) is 1. The van der Waals surface area contributed by atoms with E-state index in [0.717, 1.165) is 37.2 Å². The zero-order chi connectivity index (χ0) is 16.1. The Bertz CT molecular complexity index is 691. The lowest BCUT2D eigenvalue weighted by Gasteiger charge is -2.30. The van der Waals surface area contributed by atoms with Crippen LogP contribution in [0.5, 0.6) is 0 Å². The first-order valence-corrected chi connectivity index (χ1v) is 8.72. The van der Waals surface area contributed by atoms with Crippen LogP contribution in [-0.2, 0) is 4.79 Å². The Hall–Kier alpha value is -2.14. The Morgan fingerprint density at radius 3 is 2.78 bits per heavy atom. The average molecular weight is 330 g/mol. The minimum absolute atomic E-state index is 0.250. The van der Waals surface area contributed by atoms with Crippen LogP contribution in [0.15, 0.2) is 41.1 Å². The van der Waals surface area contributed by atoms with Crippen molar-refractivity contribution in [1.29, 1.82) is 0 Å². The molecule has 120 valence electrons. The molecule has 0 aliphatic carbocycles. The van der Waals surface area contributed by atoms with Gasteiger partial charge in [-0.25, -0.2) is 4.39 Å². The maximum absolute atomic E-state index is 13.6. The molecule has 0 bridgehead atoms. The number of thiophene rings is 1. The van der Waals surface area contributed by atoms with E-state index < -0.39 is 0 Å². The lowest BCUT2D eigenvalue weighted by molar-refractivity contribution is -0.111. The number of halogens is 1. The van der Waals surface area contributed by atoms with Crippen LogP contribution >= 0.6 is 11.3 Å². The summed E-state index contributed by atoms with van der Waals surface area (Å²) < 4.78 is 13.6. The van der Waals surface area contributed by atoms with Gasteiger partial charge >= 0.3 is 0 Å². The molecule has 0 saturated carbocycles. The summed E-state index contributed by atoms with van der Waals surface area (Å²) in [4.78, 5) is 14.3. The second-order valence-electron chi connectivity index (χ2n) is 5.59. The normalized spacial score (nSPS) is 15.1. The van der Waals surface area contributed by atoms with Gasteiger partial charge in [0.15, 0.2) is 0 Å². The molecule has 0 unspecified atom stereocenters. The SMILES string of the molecule is O=C(/C=C/c1ccsc1)Nc1cc(F)ccc1N1CCCCC1. The van der Waals surface area contributed by atoms with Gasteiger partial charge in [-0.1, -0.05) is 0 Å². The Balaban J connectivity index is 1.75. The number of benzene rings is 1. The number of piperidine rings is 1. The number of carbonyl (C=O) groups is 1. The molecule has 1 aromatic carbocycles. The highest BCUT2D eigenvalue weighted by Gasteiger charge is 2.16. The Labute approximate surface area is 139 Å². The van der Waals surface area contributed by atoms with Crippen molar-refractivity contribution < 1.29 is 9.18 Å². The van der Waals surface area contributed by atoms with Crippen LogP contribution in [0.1, 0.15) is 24.8 Å². The predicted octanol–water partition coefficient (Wildman–Crippen LogP) is 4.53. The van der Waals surface area contributed by atoms with Crippen LogP contribution in [0.25, 0.3) is 6.08 Å². The molecule has 1 aliphatic heterocycles. The number of amides is 1. The van der Waals surface area contributed by atoms with E-state index in [1.54, 1.807) is 23.5 Å². The molecule has 1 N–H and O–H groups in total. The Morgan fingerprint density at radius 2 is 2.04 bits per heavy atom. The van der Waals surface area contributed by atoms with Crippen LogP contribution in [-0.4, -0.2) is 19.0 Å². The Kier molecular flexibility index (Phi) is 5.08. The van der Waals surface area contributed by atoms with Gasteiger partial charge in [0.25, 0.3) is 0 Å². The quantitative estimate of drug-likeness (QED) is 0.835. The maximum atomic E-state index is 13.6. The van der Waals surface area contributed by atoms with Crippen molar-refractivity contribution in [3.8, 4) is 0 Å². The topological polar surface area (TPSA) is 32.3 Å². The molecule has 0 atom stereocenters. The van der Waals surface area contributed by atoms with E-state index in [4.69, 9.17) is 0 Å². The fraction of sp³-hybridized carbons (Fsp3) is 0.278. The molecule has 23 heavy (non-hydrogen) atoms. The summed E-state index contributed by atoms with van der Waals surface area (Å²) in [6.45, 7) is 1.89. The third-order valence-electron chi connectivity index (χ3n) is 3.88. The second-order valence-corrected chi connectivity index (χ2v) is 6.37. The van der Waals surface area contributed by atoms with Gasteiger partial charge in [-0.05, 0) is 65.9 Å². The van der Waals surface area contributed by atoms with E-state index in [1.165, 1.54) is 24.6 Å². The van der Waals surface area contributed by atoms with Crippen LogP contribution in [0, 0.1) is 5.82 Å². The van der Waals surface area contributed by atoms with Crippen molar-refractivity contribution in [2.75, 3.05) is 23.3 Å². The van der Waals surface area contributed by atoms with Crippen molar-refractivity contribution in [3.63, 3.8) is 0 Å². The summed E-state index contributed by atoms with van der Waals surface area (Å²) in [6, 6.07) is 6.52. The van der Waals surface area contributed by atoms with Crippen molar-refractivity contribution >= 4 is 34.7 Å². The molecule has 2 aromatic rings. The predicted molar refractivity (Wildman–Crippen MR) is 94.4 cm³/mol. The second kappa shape index (κ2) is 7.42. The number of carbonyl (C=O) groups excluding carboxylic acids is 1. The molecule has 1 saturated heterocycles. The first kappa shape index (κ1) is 15.7. The lowest BCUT2D eigenvalue weighted by atomic mass is 10.1. The fourth-order valence-corrected chi connectivity index (χ4v) is 3.36. The van der Waals surface area contributed by atoms with E-state index in [9.17, 15) is 9.18 Å². The van der Waals surface area contributed by atoms with Crippen LogP contribution in [0.4, 0.5) is 15.8 Å². The maximum Gasteiger partial charge on any atom is 0.248 e. The molecule has 3 rings (SSSR count). The summed E-state index contributed by atoms with van der Waals surface area (Å²) in [6.07, 6.45) is 6.72. The van der Waals surface area contributed by atoms with Gasteiger partial charge < -0.3 is 10.2 Å². The molecule has 1 fully saturated rings. The molecule has 0 spiro atoms. The number of anilines is 2. The van der Waals surface area contributed by atoms with Crippen molar-refractivity contribution in [3.05, 3.63) is 52.5 Å². The molecule has 1 aliphatic rings. The van der Waals surface area contributed by atoms with E-state index in [1.807, 2.05) is 16.8 Å². The average Bonchev–Trinajstić information content (AvgIpc) is 3.07. The molecule has 2 heterocycles. The minimum Gasteiger partial charge on any atom is -0.370 e. The summed E-state index contributed by atoms with van der Waals surface area (Å²) >= 11 is 1.58. The lowest BCUT2D eigenvalue weighted by Crippen LogP contribution is -2.30. The highest BCUT2D eigenvalue weighted by Crippen LogP contribution is 2.29. The molecular formula is C18H19FN2OS. The standard InChI is InChI=1S/C18H19FN2OS/c19-15-5-6-17(21-9-2-1-3-10-21)16(12-15)20-18(22)7-4-14-8-11-23-13-14/h4-8,11-13H,1-3,9-10H2,(H,20,22)/b7-4+. The summed E-state index contributed by atoms with van der Waals surface area (Å²) in [5, 5.41) is 6.73. The van der Waals surface area contributed by atoms with Gasteiger partial charge in [0.1, 0.15) is 5.82 Å². The van der Waals surface area contributed by atoms with Gasteiger partial charge in [0.05, 0.1) is 11.4 Å². The van der Waals surface area contributed by atoms with Crippen LogP contribution in [0.2, 0.25) is 0 Å². The number of nitrogens with one attached hydrogen (secondary N) is 1. The van der Waals surface area contributed by atoms with Crippen LogP contribution in [0.3, 0.4) is 0 Å². The largest absolute Gasteiger partial charge is 0.370 e. The van der Waals surface area contributed by atoms with Gasteiger partial charge in [0.2, 0.25) is 5.91 Å². The fourth-order valence-electron chi connectivity index (χ4n) is 2.74. The van der Waals surface area contributed by atoms with E-state index in [2.05, 4.69) is 10.2 Å². The molecule has 3 nitrogen and oxygen atoms in total. The van der Waals surface area contributed by atoms with Gasteiger partial charge in [0, 0.05) is 19.2 Å². The monoisotopic (exact) mass is 330 g/mol. The summed E-state index contributed by atoms with van der Waals surface area (Å²) in [7, 11) is 0. The van der Waals surface area contributed by atoms with Crippen molar-refractivity contribution in [2.24, 2.45) is 0 Å². The first-order valence-electron chi connectivity index (χ1n) is 7.78.